The molecule has 0 aromatic carbocycles. The second-order valence-electron chi connectivity index (χ2n) is 6.10. The van der Waals surface area contributed by atoms with E-state index in [1.54, 1.807) is 6.20 Å². The Morgan fingerprint density at radius 1 is 1.24 bits per heavy atom. The highest BCUT2D eigenvalue weighted by atomic mass is 32.2. The molecule has 2 fully saturated rings. The fourth-order valence-electron chi connectivity index (χ4n) is 3.81. The van der Waals surface area contributed by atoms with E-state index in [0.29, 0.717) is 5.69 Å². The molecule has 2 saturated heterocycles. The molecule has 110 valence electrons. The van der Waals surface area contributed by atoms with Gasteiger partial charge in [0.1, 0.15) is 5.65 Å². The molecule has 2 aliphatic rings. The second kappa shape index (κ2) is 5.05. The molecule has 2 bridgehead atoms. The Morgan fingerprint density at radius 3 is 2.76 bits per heavy atom. The van der Waals surface area contributed by atoms with Crippen LogP contribution < -0.4 is 0 Å². The zero-order chi connectivity index (χ0) is 14.4. The van der Waals surface area contributed by atoms with Crippen molar-refractivity contribution in [3.05, 3.63) is 36.3 Å². The average molecular weight is 302 g/mol. The van der Waals surface area contributed by atoms with Crippen molar-refractivity contribution in [3.8, 4) is 0 Å². The number of carbonyl (C=O) groups is 1. The Morgan fingerprint density at radius 2 is 2.00 bits per heavy atom. The molecule has 2 unspecified atom stereocenters. The maximum Gasteiger partial charge on any atom is 0.182 e. The molecule has 5 heteroatoms. The van der Waals surface area contributed by atoms with E-state index in [9.17, 15) is 9.00 Å². The van der Waals surface area contributed by atoms with Crippen LogP contribution in [0.5, 0.6) is 0 Å². The average Bonchev–Trinajstić information content (AvgIpc) is 2.94. The summed E-state index contributed by atoms with van der Waals surface area (Å²) >= 11 is 0. The highest BCUT2D eigenvalue weighted by Gasteiger charge is 2.40. The molecule has 4 rings (SSSR count). The number of ketones is 1. The van der Waals surface area contributed by atoms with Crippen LogP contribution >= 0.6 is 0 Å². The summed E-state index contributed by atoms with van der Waals surface area (Å²) in [5.74, 6) is 0.207. The maximum absolute atomic E-state index is 12.9. The van der Waals surface area contributed by atoms with Crippen LogP contribution in [0.4, 0.5) is 0 Å². The molecule has 21 heavy (non-hydrogen) atoms. The van der Waals surface area contributed by atoms with Crippen molar-refractivity contribution in [2.45, 2.75) is 42.6 Å². The summed E-state index contributed by atoms with van der Waals surface area (Å²) < 4.78 is 14.1. The van der Waals surface area contributed by atoms with Crippen LogP contribution in [0, 0.1) is 5.92 Å². The number of hydrogen-bond acceptors (Lipinski definition) is 3. The Bertz CT molecular complexity index is 708. The number of imidazole rings is 1. The number of carbonyl (C=O) groups excluding carboxylic acids is 1. The summed E-state index contributed by atoms with van der Waals surface area (Å²) in [6, 6.07) is 5.66. The molecule has 4 nitrogen and oxygen atoms in total. The van der Waals surface area contributed by atoms with Crippen LogP contribution in [-0.2, 0) is 10.8 Å². The molecule has 0 radical (unpaired) electrons. The molecule has 2 aliphatic heterocycles. The first-order chi connectivity index (χ1) is 10.2. The molecule has 0 amide bonds. The van der Waals surface area contributed by atoms with Crippen LogP contribution in [0.1, 0.15) is 42.6 Å². The highest BCUT2D eigenvalue weighted by molar-refractivity contribution is 7.86. The quantitative estimate of drug-likeness (QED) is 0.801. The van der Waals surface area contributed by atoms with Gasteiger partial charge < -0.3 is 0 Å². The predicted molar refractivity (Wildman–Crippen MR) is 81.8 cm³/mol. The summed E-state index contributed by atoms with van der Waals surface area (Å²) in [5.41, 5.74) is 1.51. The smallest absolute Gasteiger partial charge is 0.182 e. The van der Waals surface area contributed by atoms with Crippen molar-refractivity contribution in [2.75, 3.05) is 0 Å². The Labute approximate surface area is 126 Å². The van der Waals surface area contributed by atoms with E-state index in [2.05, 4.69) is 4.98 Å². The zero-order valence-corrected chi connectivity index (χ0v) is 12.6. The SMILES string of the molecule is O=C(c1cccc2nccn12)C1CC2CCCC(C1)S2=O. The fourth-order valence-corrected chi connectivity index (χ4v) is 5.99. The van der Waals surface area contributed by atoms with Crippen molar-refractivity contribution in [2.24, 2.45) is 5.92 Å². The van der Waals surface area contributed by atoms with Gasteiger partial charge in [-0.15, -0.1) is 0 Å². The van der Waals surface area contributed by atoms with Gasteiger partial charge in [-0.05, 0) is 37.8 Å². The van der Waals surface area contributed by atoms with Crippen molar-refractivity contribution < 1.29 is 9.00 Å². The van der Waals surface area contributed by atoms with E-state index in [1.807, 2.05) is 28.8 Å². The van der Waals surface area contributed by atoms with Gasteiger partial charge in [-0.1, -0.05) is 12.5 Å². The van der Waals surface area contributed by atoms with Gasteiger partial charge in [0.15, 0.2) is 5.78 Å². The van der Waals surface area contributed by atoms with E-state index < -0.39 is 10.8 Å². The van der Waals surface area contributed by atoms with Gasteiger partial charge in [0.25, 0.3) is 0 Å². The van der Waals surface area contributed by atoms with Gasteiger partial charge in [-0.25, -0.2) is 4.98 Å². The molecule has 0 aliphatic carbocycles. The number of pyridine rings is 1. The van der Waals surface area contributed by atoms with E-state index >= 15 is 0 Å². The summed E-state index contributed by atoms with van der Waals surface area (Å²) in [4.78, 5) is 17.1. The van der Waals surface area contributed by atoms with Gasteiger partial charge in [0, 0.05) is 39.6 Å². The molecule has 0 N–H and O–H groups in total. The van der Waals surface area contributed by atoms with Gasteiger partial charge in [-0.2, -0.15) is 0 Å². The van der Waals surface area contributed by atoms with Gasteiger partial charge >= 0.3 is 0 Å². The number of Topliss-reactive ketones (excluding diaryl/α,β-unsaturated/α-hetero) is 1. The fraction of sp³-hybridized carbons (Fsp3) is 0.500. The lowest BCUT2D eigenvalue weighted by Crippen LogP contribution is -2.41. The zero-order valence-electron chi connectivity index (χ0n) is 11.8. The van der Waals surface area contributed by atoms with E-state index in [0.717, 1.165) is 31.3 Å². The topological polar surface area (TPSA) is 51.4 Å². The monoisotopic (exact) mass is 302 g/mol. The number of aromatic nitrogens is 2. The number of hydrogen-bond donors (Lipinski definition) is 0. The summed E-state index contributed by atoms with van der Waals surface area (Å²) in [5, 5.41) is 0.460. The maximum atomic E-state index is 12.9. The van der Waals surface area contributed by atoms with Crippen molar-refractivity contribution in [1.82, 2.24) is 9.38 Å². The molecule has 2 aromatic rings. The van der Waals surface area contributed by atoms with Crippen LogP contribution in [0.15, 0.2) is 30.6 Å². The van der Waals surface area contributed by atoms with E-state index in [-0.39, 0.29) is 22.2 Å². The third-order valence-corrected chi connectivity index (χ3v) is 7.03. The van der Waals surface area contributed by atoms with Crippen LogP contribution in [0.25, 0.3) is 5.65 Å². The Kier molecular flexibility index (Phi) is 3.17. The molecule has 2 atom stereocenters. The summed E-state index contributed by atoms with van der Waals surface area (Å²) in [6.45, 7) is 0. The van der Waals surface area contributed by atoms with Gasteiger partial charge in [-0.3, -0.25) is 13.4 Å². The minimum Gasteiger partial charge on any atom is -0.297 e. The summed E-state index contributed by atoms with van der Waals surface area (Å²) in [7, 11) is -0.720. The first-order valence-electron chi connectivity index (χ1n) is 7.59. The van der Waals surface area contributed by atoms with Crippen LogP contribution in [0.2, 0.25) is 0 Å². The number of rotatable bonds is 2. The highest BCUT2D eigenvalue weighted by Crippen LogP contribution is 2.38. The molecular formula is C16H18N2O2S. The molecule has 0 saturated carbocycles. The van der Waals surface area contributed by atoms with E-state index in [4.69, 9.17) is 0 Å². The normalized spacial score (nSPS) is 32.2. The van der Waals surface area contributed by atoms with E-state index in [1.165, 1.54) is 6.42 Å². The van der Waals surface area contributed by atoms with Crippen LogP contribution in [0.3, 0.4) is 0 Å². The minimum absolute atomic E-state index is 0.0194. The lowest BCUT2D eigenvalue weighted by Gasteiger charge is -2.37. The van der Waals surface area contributed by atoms with Gasteiger partial charge in [0.2, 0.25) is 0 Å². The number of nitrogens with zero attached hydrogens (tertiary/aromatic N) is 2. The van der Waals surface area contributed by atoms with Crippen LogP contribution in [-0.4, -0.2) is 29.9 Å². The third kappa shape index (κ3) is 2.14. The Hall–Kier alpha value is -1.49. The summed E-state index contributed by atoms with van der Waals surface area (Å²) in [6.07, 6.45) is 8.32. The first-order valence-corrected chi connectivity index (χ1v) is 8.87. The molecular weight excluding hydrogens is 284 g/mol. The van der Waals surface area contributed by atoms with Crippen molar-refractivity contribution >= 4 is 22.2 Å². The lowest BCUT2D eigenvalue weighted by atomic mass is 9.85. The Balaban J connectivity index is 1.66. The molecule has 0 spiro atoms. The van der Waals surface area contributed by atoms with Gasteiger partial charge in [0.05, 0.1) is 5.69 Å². The molecule has 2 aromatic heterocycles. The largest absolute Gasteiger partial charge is 0.297 e. The minimum atomic E-state index is -0.720. The van der Waals surface area contributed by atoms with Crippen molar-refractivity contribution in [3.63, 3.8) is 0 Å². The third-order valence-electron chi connectivity index (χ3n) is 4.86. The number of fused-ring (bicyclic) bond motifs is 3. The second-order valence-corrected chi connectivity index (χ2v) is 8.09. The molecule has 4 heterocycles. The lowest BCUT2D eigenvalue weighted by molar-refractivity contribution is 0.0889. The first kappa shape index (κ1) is 13.2. The standard InChI is InChI=1S/C16H18N2O2S/c19-16(14-5-2-6-15-17-7-8-18(14)15)11-9-12-3-1-4-13(10-11)21(12)20/h2,5-8,11-13H,1,3-4,9-10H2. The predicted octanol–water partition coefficient (Wildman–Crippen LogP) is 2.60. The van der Waals surface area contributed by atoms with Crippen molar-refractivity contribution in [1.29, 1.82) is 0 Å².